The van der Waals surface area contributed by atoms with Crippen molar-refractivity contribution < 1.29 is 18.3 Å². The number of nitrogens with zero attached hydrogens (tertiary/aromatic N) is 1. The Morgan fingerprint density at radius 1 is 1.48 bits per heavy atom. The van der Waals surface area contributed by atoms with Gasteiger partial charge < -0.3 is 10.4 Å². The molecule has 0 radical (unpaired) electrons. The number of hydrogen-bond acceptors (Lipinski definition) is 4. The molecule has 2 atom stereocenters. The summed E-state index contributed by atoms with van der Waals surface area (Å²) >= 11 is 0. The van der Waals surface area contributed by atoms with E-state index in [1.165, 1.54) is 4.31 Å². The number of aliphatic hydroxyl groups is 1. The number of amides is 1. The van der Waals surface area contributed by atoms with Crippen molar-refractivity contribution in [2.75, 3.05) is 25.4 Å². The first-order valence-electron chi connectivity index (χ1n) is 7.74. The second-order valence-corrected chi connectivity index (χ2v) is 8.61. The molecule has 1 aliphatic heterocycles. The van der Waals surface area contributed by atoms with Crippen molar-refractivity contribution >= 4 is 15.9 Å². The van der Waals surface area contributed by atoms with Gasteiger partial charge in [-0.05, 0) is 39.5 Å². The fourth-order valence-corrected chi connectivity index (χ4v) is 4.14. The van der Waals surface area contributed by atoms with Gasteiger partial charge in [0.25, 0.3) is 0 Å². The van der Waals surface area contributed by atoms with Crippen molar-refractivity contribution in [3.63, 3.8) is 0 Å². The Bertz CT molecular complexity index is 487. The van der Waals surface area contributed by atoms with Crippen molar-refractivity contribution in [3.8, 4) is 0 Å². The minimum Gasteiger partial charge on any atom is -0.396 e. The molecule has 2 aliphatic rings. The van der Waals surface area contributed by atoms with Gasteiger partial charge in [0.2, 0.25) is 15.9 Å². The van der Waals surface area contributed by atoms with E-state index in [0.29, 0.717) is 6.54 Å². The lowest BCUT2D eigenvalue weighted by Gasteiger charge is -2.32. The van der Waals surface area contributed by atoms with Crippen LogP contribution in [0.25, 0.3) is 0 Å². The Kier molecular flexibility index (Phi) is 4.95. The molecule has 0 bridgehead atoms. The highest BCUT2D eigenvalue weighted by Crippen LogP contribution is 2.48. The summed E-state index contributed by atoms with van der Waals surface area (Å²) in [5, 5.41) is 12.4. The lowest BCUT2D eigenvalue weighted by Crippen LogP contribution is -2.49. The van der Waals surface area contributed by atoms with E-state index in [1.807, 2.05) is 6.92 Å². The molecule has 0 aromatic carbocycles. The normalized spacial score (nSPS) is 27.1. The predicted octanol–water partition coefficient (Wildman–Crippen LogP) is 0.325. The summed E-state index contributed by atoms with van der Waals surface area (Å²) in [7, 11) is -3.22. The van der Waals surface area contributed by atoms with E-state index in [-0.39, 0.29) is 42.2 Å². The Morgan fingerprint density at radius 2 is 2.14 bits per heavy atom. The average Bonchev–Trinajstić information content (AvgIpc) is 3.28. The summed E-state index contributed by atoms with van der Waals surface area (Å²) in [6.45, 7) is 4.43. The molecule has 2 fully saturated rings. The minimum absolute atomic E-state index is 0.0619. The van der Waals surface area contributed by atoms with Crippen molar-refractivity contribution in [1.29, 1.82) is 0 Å². The summed E-state index contributed by atoms with van der Waals surface area (Å²) in [4.78, 5) is 12.3. The van der Waals surface area contributed by atoms with Gasteiger partial charge in [-0.25, -0.2) is 12.7 Å². The van der Waals surface area contributed by atoms with Crippen LogP contribution in [0.15, 0.2) is 0 Å². The first-order chi connectivity index (χ1) is 9.84. The van der Waals surface area contributed by atoms with Gasteiger partial charge >= 0.3 is 0 Å². The van der Waals surface area contributed by atoms with Gasteiger partial charge in [0.05, 0.1) is 18.3 Å². The number of rotatable bonds is 6. The van der Waals surface area contributed by atoms with Crippen molar-refractivity contribution in [2.24, 2.45) is 11.3 Å². The molecule has 0 aromatic heterocycles. The molecular weight excluding hydrogens is 292 g/mol. The predicted molar refractivity (Wildman–Crippen MR) is 80.1 cm³/mol. The van der Waals surface area contributed by atoms with Gasteiger partial charge in [0.1, 0.15) is 0 Å². The van der Waals surface area contributed by atoms with Gasteiger partial charge in [-0.15, -0.1) is 0 Å². The third-order valence-electron chi connectivity index (χ3n) is 5.00. The van der Waals surface area contributed by atoms with E-state index in [0.717, 1.165) is 25.7 Å². The van der Waals surface area contributed by atoms with E-state index < -0.39 is 10.0 Å². The van der Waals surface area contributed by atoms with Crippen molar-refractivity contribution in [1.82, 2.24) is 9.62 Å². The maximum Gasteiger partial charge on any atom is 0.224 e. The molecule has 2 rings (SSSR count). The van der Waals surface area contributed by atoms with Crippen LogP contribution in [0, 0.1) is 11.3 Å². The van der Waals surface area contributed by atoms with Crippen LogP contribution in [0.4, 0.5) is 0 Å². The molecule has 21 heavy (non-hydrogen) atoms. The van der Waals surface area contributed by atoms with Crippen LogP contribution in [-0.4, -0.2) is 55.2 Å². The van der Waals surface area contributed by atoms with Gasteiger partial charge in [-0.1, -0.05) is 0 Å². The first-order valence-corrected chi connectivity index (χ1v) is 9.34. The third-order valence-corrected chi connectivity index (χ3v) is 6.85. The quantitative estimate of drug-likeness (QED) is 0.739. The topological polar surface area (TPSA) is 86.7 Å². The zero-order valence-electron chi connectivity index (χ0n) is 12.8. The maximum absolute atomic E-state index is 12.3. The average molecular weight is 318 g/mol. The maximum atomic E-state index is 12.3. The summed E-state index contributed by atoms with van der Waals surface area (Å²) in [5.41, 5.74) is -0.153. The van der Waals surface area contributed by atoms with Crippen LogP contribution in [0.5, 0.6) is 0 Å². The first kappa shape index (κ1) is 16.7. The van der Waals surface area contributed by atoms with E-state index in [9.17, 15) is 18.3 Å². The fourth-order valence-electron chi connectivity index (χ4n) is 2.96. The zero-order chi connectivity index (χ0) is 15.7. The molecule has 7 heteroatoms. The Hall–Kier alpha value is -0.660. The number of piperidine rings is 1. The molecule has 1 heterocycles. The molecule has 1 saturated heterocycles. The van der Waals surface area contributed by atoms with Gasteiger partial charge in [0, 0.05) is 24.5 Å². The van der Waals surface area contributed by atoms with E-state index in [1.54, 1.807) is 6.92 Å². The van der Waals surface area contributed by atoms with Crippen molar-refractivity contribution in [2.45, 2.75) is 45.6 Å². The fraction of sp³-hybridized carbons (Fsp3) is 0.929. The standard InChI is InChI=1S/C14H26N2O4S/c1-3-21(19,20)16-8-4-5-12(9-16)13(18)15-11(2)14(10-17)6-7-14/h11-12,17H,3-10H2,1-2H3,(H,15,18). The van der Waals surface area contributed by atoms with E-state index in [4.69, 9.17) is 0 Å². The number of aliphatic hydroxyl groups excluding tert-OH is 1. The highest BCUT2D eigenvalue weighted by molar-refractivity contribution is 7.89. The number of nitrogens with one attached hydrogen (secondary N) is 1. The molecule has 0 aromatic rings. The number of carbonyl (C=O) groups excluding carboxylic acids is 1. The molecular formula is C14H26N2O4S. The summed E-state index contributed by atoms with van der Waals surface area (Å²) in [6, 6.07) is -0.0619. The van der Waals surface area contributed by atoms with E-state index >= 15 is 0 Å². The van der Waals surface area contributed by atoms with Gasteiger partial charge in [0.15, 0.2) is 0 Å². The molecule has 1 amide bonds. The number of sulfonamides is 1. The largest absolute Gasteiger partial charge is 0.396 e. The third kappa shape index (κ3) is 3.57. The zero-order valence-corrected chi connectivity index (χ0v) is 13.7. The minimum atomic E-state index is -3.22. The van der Waals surface area contributed by atoms with E-state index in [2.05, 4.69) is 5.32 Å². The SMILES string of the molecule is CCS(=O)(=O)N1CCCC(C(=O)NC(C)C2(CO)CC2)C1. The highest BCUT2D eigenvalue weighted by Gasteiger charge is 2.47. The molecule has 1 saturated carbocycles. The number of hydrogen-bond donors (Lipinski definition) is 2. The molecule has 0 spiro atoms. The lowest BCUT2D eigenvalue weighted by molar-refractivity contribution is -0.127. The number of carbonyl (C=O) groups is 1. The van der Waals surface area contributed by atoms with Crippen molar-refractivity contribution in [3.05, 3.63) is 0 Å². The Labute approximate surface area is 126 Å². The van der Waals surface area contributed by atoms with Crippen LogP contribution in [-0.2, 0) is 14.8 Å². The highest BCUT2D eigenvalue weighted by atomic mass is 32.2. The van der Waals surface area contributed by atoms with Crippen LogP contribution in [0.3, 0.4) is 0 Å². The second-order valence-electron chi connectivity index (χ2n) is 6.35. The molecule has 6 nitrogen and oxygen atoms in total. The Morgan fingerprint density at radius 3 is 2.67 bits per heavy atom. The van der Waals surface area contributed by atoms with Crippen LogP contribution >= 0.6 is 0 Å². The molecule has 2 N–H and O–H groups in total. The monoisotopic (exact) mass is 318 g/mol. The molecule has 2 unspecified atom stereocenters. The smallest absolute Gasteiger partial charge is 0.224 e. The summed E-state index contributed by atoms with van der Waals surface area (Å²) < 4.78 is 25.3. The van der Waals surface area contributed by atoms with Crippen LogP contribution in [0.2, 0.25) is 0 Å². The Balaban J connectivity index is 1.93. The molecule has 122 valence electrons. The summed E-state index contributed by atoms with van der Waals surface area (Å²) in [5.74, 6) is -0.291. The summed E-state index contributed by atoms with van der Waals surface area (Å²) in [6.07, 6.45) is 3.31. The van der Waals surface area contributed by atoms with Crippen LogP contribution in [0.1, 0.15) is 39.5 Å². The van der Waals surface area contributed by atoms with Gasteiger partial charge in [-0.3, -0.25) is 4.79 Å². The van der Waals surface area contributed by atoms with Gasteiger partial charge in [-0.2, -0.15) is 0 Å². The van der Waals surface area contributed by atoms with Crippen LogP contribution < -0.4 is 5.32 Å². The lowest BCUT2D eigenvalue weighted by atomic mass is 9.95. The second kappa shape index (κ2) is 6.22. The molecule has 1 aliphatic carbocycles.